The highest BCUT2D eigenvalue weighted by Gasteiger charge is 2.42. The number of amides is 1. The number of nitrogens with zero attached hydrogens (tertiary/aromatic N) is 1. The van der Waals surface area contributed by atoms with Crippen molar-refractivity contribution in [3.05, 3.63) is 41.2 Å². The molecular formula is C15H15ClN2OS. The summed E-state index contributed by atoms with van der Waals surface area (Å²) in [6.45, 7) is 0.712. The van der Waals surface area contributed by atoms with Crippen molar-refractivity contribution in [3.8, 4) is 0 Å². The number of hydrogen-bond acceptors (Lipinski definition) is 3. The van der Waals surface area contributed by atoms with Crippen molar-refractivity contribution in [2.75, 3.05) is 12.8 Å². The lowest BCUT2D eigenvalue weighted by molar-refractivity contribution is 0.0954. The smallest absolute Gasteiger partial charge is 0.253 e. The second-order valence-corrected chi connectivity index (χ2v) is 6.71. The predicted octanol–water partition coefficient (Wildman–Crippen LogP) is 3.51. The van der Waals surface area contributed by atoms with E-state index in [0.717, 1.165) is 10.8 Å². The van der Waals surface area contributed by atoms with Crippen LogP contribution in [0.15, 0.2) is 30.5 Å². The first-order chi connectivity index (χ1) is 9.65. The van der Waals surface area contributed by atoms with E-state index >= 15 is 0 Å². The summed E-state index contributed by atoms with van der Waals surface area (Å²) >= 11 is 7.90. The van der Waals surface area contributed by atoms with Crippen LogP contribution in [-0.4, -0.2) is 28.4 Å². The van der Waals surface area contributed by atoms with Gasteiger partial charge >= 0.3 is 0 Å². The number of carbonyl (C=O) groups is 1. The summed E-state index contributed by atoms with van der Waals surface area (Å²) in [5.41, 5.74) is 0.585. The lowest BCUT2D eigenvalue weighted by atomic mass is 10.1. The van der Waals surface area contributed by atoms with Gasteiger partial charge in [0.15, 0.2) is 0 Å². The molecule has 3 rings (SSSR count). The lowest BCUT2D eigenvalue weighted by Gasteiger charge is -2.14. The van der Waals surface area contributed by atoms with E-state index in [2.05, 4.69) is 16.6 Å². The molecular weight excluding hydrogens is 292 g/mol. The Morgan fingerprint density at radius 1 is 1.40 bits per heavy atom. The first-order valence-electron chi connectivity index (χ1n) is 6.52. The number of fused-ring (bicyclic) bond motifs is 1. The van der Waals surface area contributed by atoms with Crippen LogP contribution in [0.4, 0.5) is 0 Å². The summed E-state index contributed by atoms with van der Waals surface area (Å²) in [5.74, 6) is -0.0781. The van der Waals surface area contributed by atoms with E-state index in [4.69, 9.17) is 11.6 Å². The molecule has 5 heteroatoms. The molecule has 0 bridgehead atoms. The number of nitrogens with one attached hydrogen (secondary N) is 1. The van der Waals surface area contributed by atoms with Crippen LogP contribution in [0.2, 0.25) is 5.15 Å². The van der Waals surface area contributed by atoms with Crippen LogP contribution in [0.3, 0.4) is 0 Å². The number of thioether (sulfide) groups is 1. The molecule has 0 saturated heterocycles. The summed E-state index contributed by atoms with van der Waals surface area (Å²) in [6, 6.07) is 7.58. The van der Waals surface area contributed by atoms with Gasteiger partial charge in [0.2, 0.25) is 0 Å². The molecule has 20 heavy (non-hydrogen) atoms. The molecule has 1 N–H and O–H groups in total. The molecule has 1 aliphatic rings. The molecule has 2 aromatic rings. The lowest BCUT2D eigenvalue weighted by Crippen LogP contribution is -2.31. The number of hydrogen-bond donors (Lipinski definition) is 1. The van der Waals surface area contributed by atoms with Crippen molar-refractivity contribution < 1.29 is 4.79 Å². The first-order valence-corrected chi connectivity index (χ1v) is 8.12. The van der Waals surface area contributed by atoms with Crippen LogP contribution in [0.25, 0.3) is 10.8 Å². The van der Waals surface area contributed by atoms with Crippen LogP contribution in [-0.2, 0) is 0 Å². The van der Waals surface area contributed by atoms with Gasteiger partial charge < -0.3 is 5.32 Å². The van der Waals surface area contributed by atoms with Gasteiger partial charge in [-0.2, -0.15) is 11.8 Å². The third-order valence-electron chi connectivity index (χ3n) is 3.80. The molecule has 1 saturated carbocycles. The molecule has 104 valence electrons. The van der Waals surface area contributed by atoms with Crippen molar-refractivity contribution in [1.82, 2.24) is 10.3 Å². The Balaban J connectivity index is 1.86. The van der Waals surface area contributed by atoms with Gasteiger partial charge in [-0.3, -0.25) is 4.79 Å². The SMILES string of the molecule is CSC1(CNC(=O)c2cnc(Cl)c3ccccc23)CC1. The zero-order chi connectivity index (χ0) is 14.2. The fourth-order valence-electron chi connectivity index (χ4n) is 2.27. The minimum absolute atomic E-state index is 0.0781. The van der Waals surface area contributed by atoms with Gasteiger partial charge in [0.05, 0.1) is 5.56 Å². The molecule has 1 aromatic heterocycles. The molecule has 0 atom stereocenters. The maximum atomic E-state index is 12.4. The maximum absolute atomic E-state index is 12.4. The number of halogens is 1. The number of aromatic nitrogens is 1. The quantitative estimate of drug-likeness (QED) is 0.879. The average Bonchev–Trinajstić information content (AvgIpc) is 3.26. The summed E-state index contributed by atoms with van der Waals surface area (Å²) in [5, 5.41) is 5.11. The van der Waals surface area contributed by atoms with E-state index in [1.165, 1.54) is 12.8 Å². The zero-order valence-electron chi connectivity index (χ0n) is 11.1. The number of carbonyl (C=O) groups excluding carboxylic acids is 1. The largest absolute Gasteiger partial charge is 0.351 e. The van der Waals surface area contributed by atoms with E-state index in [-0.39, 0.29) is 10.7 Å². The minimum Gasteiger partial charge on any atom is -0.351 e. The predicted molar refractivity (Wildman–Crippen MR) is 84.6 cm³/mol. The van der Waals surface area contributed by atoms with E-state index < -0.39 is 0 Å². The van der Waals surface area contributed by atoms with Crippen molar-refractivity contribution in [2.24, 2.45) is 0 Å². The first kappa shape index (κ1) is 13.7. The van der Waals surface area contributed by atoms with Crippen LogP contribution in [0, 0.1) is 0 Å². The summed E-state index contributed by atoms with van der Waals surface area (Å²) < 4.78 is 0.255. The molecule has 1 aromatic carbocycles. The van der Waals surface area contributed by atoms with Gasteiger partial charge in [-0.05, 0) is 24.5 Å². The summed E-state index contributed by atoms with van der Waals surface area (Å²) in [7, 11) is 0. The van der Waals surface area contributed by atoms with Gasteiger partial charge in [0, 0.05) is 22.9 Å². The Labute approximate surface area is 127 Å². The minimum atomic E-state index is -0.0781. The van der Waals surface area contributed by atoms with Gasteiger partial charge in [-0.1, -0.05) is 35.9 Å². The van der Waals surface area contributed by atoms with Crippen LogP contribution in [0.1, 0.15) is 23.2 Å². The summed E-state index contributed by atoms with van der Waals surface area (Å²) in [6.07, 6.45) is 6.00. The highest BCUT2D eigenvalue weighted by Crippen LogP contribution is 2.46. The van der Waals surface area contributed by atoms with Crippen molar-refractivity contribution >= 4 is 40.0 Å². The van der Waals surface area contributed by atoms with Gasteiger partial charge in [0.25, 0.3) is 5.91 Å². The number of benzene rings is 1. The molecule has 0 radical (unpaired) electrons. The Morgan fingerprint density at radius 3 is 2.75 bits per heavy atom. The number of rotatable bonds is 4. The van der Waals surface area contributed by atoms with E-state index in [9.17, 15) is 4.79 Å². The molecule has 1 heterocycles. The Bertz CT molecular complexity index is 670. The fraction of sp³-hybridized carbons (Fsp3) is 0.333. The second-order valence-electron chi connectivity index (χ2n) is 5.08. The Morgan fingerprint density at radius 2 is 2.10 bits per heavy atom. The zero-order valence-corrected chi connectivity index (χ0v) is 12.7. The Kier molecular flexibility index (Phi) is 3.61. The normalized spacial score (nSPS) is 16.1. The molecule has 1 fully saturated rings. The Hall–Kier alpha value is -1.26. The average molecular weight is 307 g/mol. The van der Waals surface area contributed by atoms with Crippen LogP contribution >= 0.6 is 23.4 Å². The van der Waals surface area contributed by atoms with Gasteiger partial charge in [-0.25, -0.2) is 4.98 Å². The van der Waals surface area contributed by atoms with Crippen LogP contribution in [0.5, 0.6) is 0 Å². The topological polar surface area (TPSA) is 42.0 Å². The van der Waals surface area contributed by atoms with Crippen molar-refractivity contribution in [1.29, 1.82) is 0 Å². The van der Waals surface area contributed by atoms with Crippen LogP contribution < -0.4 is 5.32 Å². The molecule has 0 unspecified atom stereocenters. The molecule has 3 nitrogen and oxygen atoms in total. The third-order valence-corrected chi connectivity index (χ3v) is 5.52. The fourth-order valence-corrected chi connectivity index (χ4v) is 3.21. The van der Waals surface area contributed by atoms with E-state index in [1.54, 1.807) is 6.20 Å². The highest BCUT2D eigenvalue weighted by molar-refractivity contribution is 8.00. The molecule has 1 aliphatic carbocycles. The van der Waals surface area contributed by atoms with Gasteiger partial charge in [0.1, 0.15) is 5.15 Å². The monoisotopic (exact) mass is 306 g/mol. The molecule has 1 amide bonds. The second kappa shape index (κ2) is 5.26. The molecule has 0 aliphatic heterocycles. The van der Waals surface area contributed by atoms with Crippen molar-refractivity contribution in [2.45, 2.75) is 17.6 Å². The van der Waals surface area contributed by atoms with E-state index in [0.29, 0.717) is 17.3 Å². The van der Waals surface area contributed by atoms with Crippen molar-refractivity contribution in [3.63, 3.8) is 0 Å². The third kappa shape index (κ3) is 2.50. The van der Waals surface area contributed by atoms with Gasteiger partial charge in [-0.15, -0.1) is 0 Å². The highest BCUT2D eigenvalue weighted by atomic mass is 35.5. The number of pyridine rings is 1. The molecule has 0 spiro atoms. The summed E-state index contributed by atoms with van der Waals surface area (Å²) in [4.78, 5) is 16.5. The van der Waals surface area contributed by atoms with E-state index in [1.807, 2.05) is 36.0 Å². The maximum Gasteiger partial charge on any atom is 0.253 e. The standard InChI is InChI=1S/C15H15ClN2OS/c1-20-15(6-7-15)9-18-14(19)12-8-17-13(16)11-5-3-2-4-10(11)12/h2-5,8H,6-7,9H2,1H3,(H,18,19).